The summed E-state index contributed by atoms with van der Waals surface area (Å²) in [5, 5.41) is 21.8. The van der Waals surface area contributed by atoms with Crippen molar-refractivity contribution in [3.63, 3.8) is 0 Å². The number of aliphatic carboxylic acids is 1. The lowest BCUT2D eigenvalue weighted by atomic mass is 9.93. The monoisotopic (exact) mass is 334 g/mol. The number of carboxylic acid groups (broad SMARTS) is 1. The molecule has 1 amide bonds. The second-order valence-corrected chi connectivity index (χ2v) is 6.93. The van der Waals surface area contributed by atoms with E-state index in [0.29, 0.717) is 19.4 Å². The zero-order chi connectivity index (χ0) is 16.3. The molecule has 2 N–H and O–H groups in total. The highest BCUT2D eigenvalue weighted by atomic mass is 32.1. The molecular weight excluding hydrogens is 316 g/mol. The van der Waals surface area contributed by atoms with Gasteiger partial charge in [-0.3, -0.25) is 9.59 Å². The van der Waals surface area contributed by atoms with Crippen LogP contribution >= 0.6 is 11.3 Å². The summed E-state index contributed by atoms with van der Waals surface area (Å²) in [5.41, 5.74) is -0.432. The van der Waals surface area contributed by atoms with Crippen LogP contribution in [0.15, 0.2) is 23.7 Å². The van der Waals surface area contributed by atoms with Crippen LogP contribution in [0, 0.1) is 0 Å². The normalized spacial score (nSPS) is 16.3. The van der Waals surface area contributed by atoms with Crippen molar-refractivity contribution in [1.82, 2.24) is 20.3 Å². The lowest BCUT2D eigenvalue weighted by Crippen LogP contribution is -2.47. The van der Waals surface area contributed by atoms with Gasteiger partial charge in [-0.2, -0.15) is 0 Å². The fourth-order valence-corrected chi connectivity index (χ4v) is 3.73. The van der Waals surface area contributed by atoms with Crippen molar-refractivity contribution in [3.8, 4) is 0 Å². The molecule has 3 rings (SSSR count). The molecule has 0 bridgehead atoms. The van der Waals surface area contributed by atoms with E-state index in [-0.39, 0.29) is 18.0 Å². The van der Waals surface area contributed by atoms with Gasteiger partial charge in [-0.1, -0.05) is 24.1 Å². The minimum absolute atomic E-state index is 0.0535. The molecule has 122 valence electrons. The predicted molar refractivity (Wildman–Crippen MR) is 84.4 cm³/mol. The summed E-state index contributed by atoms with van der Waals surface area (Å²) >= 11 is 1.61. The third-order valence-electron chi connectivity index (χ3n) is 4.10. The maximum absolute atomic E-state index is 12.4. The number of carboxylic acids is 1. The van der Waals surface area contributed by atoms with Crippen molar-refractivity contribution < 1.29 is 14.7 Å². The Morgan fingerprint density at radius 3 is 2.83 bits per heavy atom. The molecule has 0 unspecified atom stereocenters. The van der Waals surface area contributed by atoms with Crippen LogP contribution in [0.1, 0.15) is 47.5 Å². The Hall–Kier alpha value is -2.22. The second kappa shape index (κ2) is 6.49. The Kier molecular flexibility index (Phi) is 4.42. The molecule has 1 fully saturated rings. The fourth-order valence-electron chi connectivity index (χ4n) is 3.03. The number of nitrogens with zero attached hydrogens (tertiary/aromatic N) is 3. The number of carbonyl (C=O) groups excluding carboxylic acids is 1. The molecule has 0 atom stereocenters. The van der Waals surface area contributed by atoms with E-state index in [4.69, 9.17) is 5.11 Å². The molecule has 1 aliphatic rings. The summed E-state index contributed by atoms with van der Waals surface area (Å²) in [5.74, 6) is -1.25. The SMILES string of the molecule is O=C(O)CC1(NC(=O)c2cn(Cc3cccs3)nn2)CCCC1. The Labute approximate surface area is 137 Å². The largest absolute Gasteiger partial charge is 0.481 e. The molecule has 0 aromatic carbocycles. The highest BCUT2D eigenvalue weighted by Gasteiger charge is 2.38. The third-order valence-corrected chi connectivity index (χ3v) is 4.96. The van der Waals surface area contributed by atoms with Gasteiger partial charge in [0.25, 0.3) is 5.91 Å². The van der Waals surface area contributed by atoms with Gasteiger partial charge in [0.1, 0.15) is 0 Å². The molecule has 8 heteroatoms. The van der Waals surface area contributed by atoms with Crippen molar-refractivity contribution in [2.75, 3.05) is 0 Å². The highest BCUT2D eigenvalue weighted by Crippen LogP contribution is 2.32. The molecule has 0 spiro atoms. The van der Waals surface area contributed by atoms with Crippen LogP contribution in [-0.2, 0) is 11.3 Å². The Morgan fingerprint density at radius 2 is 2.17 bits per heavy atom. The first-order valence-electron chi connectivity index (χ1n) is 7.53. The van der Waals surface area contributed by atoms with Crippen LogP contribution in [0.5, 0.6) is 0 Å². The van der Waals surface area contributed by atoms with Crippen LogP contribution in [-0.4, -0.2) is 37.5 Å². The molecule has 0 aliphatic heterocycles. The summed E-state index contributed by atoms with van der Waals surface area (Å²) in [4.78, 5) is 24.6. The topological polar surface area (TPSA) is 97.1 Å². The molecular formula is C15H18N4O3S. The molecule has 23 heavy (non-hydrogen) atoms. The van der Waals surface area contributed by atoms with Gasteiger partial charge in [0.2, 0.25) is 0 Å². The van der Waals surface area contributed by atoms with Crippen LogP contribution in [0.3, 0.4) is 0 Å². The number of carbonyl (C=O) groups is 2. The van der Waals surface area contributed by atoms with Crippen molar-refractivity contribution in [1.29, 1.82) is 0 Å². The number of rotatable bonds is 6. The summed E-state index contributed by atoms with van der Waals surface area (Å²) in [6.07, 6.45) is 4.78. The lowest BCUT2D eigenvalue weighted by molar-refractivity contribution is -0.138. The van der Waals surface area contributed by atoms with Gasteiger partial charge < -0.3 is 10.4 Å². The molecule has 1 saturated carbocycles. The van der Waals surface area contributed by atoms with Crippen molar-refractivity contribution in [2.45, 2.75) is 44.2 Å². The zero-order valence-corrected chi connectivity index (χ0v) is 13.4. The number of amides is 1. The van der Waals surface area contributed by atoms with E-state index in [0.717, 1.165) is 17.7 Å². The third kappa shape index (κ3) is 3.76. The zero-order valence-electron chi connectivity index (χ0n) is 12.6. The van der Waals surface area contributed by atoms with Gasteiger partial charge >= 0.3 is 5.97 Å². The molecule has 2 aromatic heterocycles. The number of aromatic nitrogens is 3. The highest BCUT2D eigenvalue weighted by molar-refractivity contribution is 7.09. The van der Waals surface area contributed by atoms with E-state index in [9.17, 15) is 9.59 Å². The smallest absolute Gasteiger partial charge is 0.305 e. The molecule has 2 aromatic rings. The molecule has 0 saturated heterocycles. The lowest BCUT2D eigenvalue weighted by Gasteiger charge is -2.28. The van der Waals surface area contributed by atoms with Gasteiger partial charge in [-0.25, -0.2) is 4.68 Å². The average Bonchev–Trinajstić information content (AvgIpc) is 3.20. The van der Waals surface area contributed by atoms with Gasteiger partial charge in [-0.05, 0) is 24.3 Å². The minimum Gasteiger partial charge on any atom is -0.481 e. The number of hydrogen-bond donors (Lipinski definition) is 2. The van der Waals surface area contributed by atoms with Crippen molar-refractivity contribution in [3.05, 3.63) is 34.3 Å². The van der Waals surface area contributed by atoms with Gasteiger partial charge in [-0.15, -0.1) is 16.4 Å². The van der Waals surface area contributed by atoms with Crippen LogP contribution in [0.2, 0.25) is 0 Å². The van der Waals surface area contributed by atoms with E-state index < -0.39 is 11.5 Å². The van der Waals surface area contributed by atoms with Crippen LogP contribution < -0.4 is 5.32 Å². The molecule has 1 aliphatic carbocycles. The molecule has 0 radical (unpaired) electrons. The summed E-state index contributed by atoms with van der Waals surface area (Å²) < 4.78 is 1.61. The van der Waals surface area contributed by atoms with E-state index >= 15 is 0 Å². The first kappa shape index (κ1) is 15.7. The van der Waals surface area contributed by atoms with Gasteiger partial charge in [0.05, 0.1) is 24.7 Å². The van der Waals surface area contributed by atoms with E-state index in [1.54, 1.807) is 22.2 Å². The summed E-state index contributed by atoms with van der Waals surface area (Å²) in [6.45, 7) is 0.568. The minimum atomic E-state index is -0.895. The van der Waals surface area contributed by atoms with Crippen LogP contribution in [0.4, 0.5) is 0 Å². The number of nitrogens with one attached hydrogen (secondary N) is 1. The molecule has 7 nitrogen and oxygen atoms in total. The van der Waals surface area contributed by atoms with Gasteiger partial charge in [0, 0.05) is 4.88 Å². The Balaban J connectivity index is 1.68. The maximum Gasteiger partial charge on any atom is 0.305 e. The van der Waals surface area contributed by atoms with Crippen molar-refractivity contribution >= 4 is 23.2 Å². The maximum atomic E-state index is 12.4. The van der Waals surface area contributed by atoms with Crippen LogP contribution in [0.25, 0.3) is 0 Å². The van der Waals surface area contributed by atoms with Gasteiger partial charge in [0.15, 0.2) is 5.69 Å². The fraction of sp³-hybridized carbons (Fsp3) is 0.467. The van der Waals surface area contributed by atoms with E-state index in [2.05, 4.69) is 15.6 Å². The number of thiophene rings is 1. The predicted octanol–water partition coefficient (Wildman–Crippen LogP) is 1.91. The first-order valence-corrected chi connectivity index (χ1v) is 8.41. The van der Waals surface area contributed by atoms with E-state index in [1.165, 1.54) is 0 Å². The second-order valence-electron chi connectivity index (χ2n) is 5.89. The Bertz CT molecular complexity index is 689. The van der Waals surface area contributed by atoms with E-state index in [1.807, 2.05) is 17.5 Å². The summed E-state index contributed by atoms with van der Waals surface area (Å²) in [6, 6.07) is 3.95. The Morgan fingerprint density at radius 1 is 1.39 bits per heavy atom. The quantitative estimate of drug-likeness (QED) is 0.841. The standard InChI is InChI=1S/C15H18N4O3S/c20-13(21)8-15(5-1-2-6-15)16-14(22)12-10-19(18-17-12)9-11-4-3-7-23-11/h3-4,7,10H,1-2,5-6,8-9H2,(H,16,22)(H,20,21). The molecule has 2 heterocycles. The number of hydrogen-bond acceptors (Lipinski definition) is 5. The first-order chi connectivity index (χ1) is 11.1. The summed E-state index contributed by atoms with van der Waals surface area (Å²) in [7, 11) is 0. The average molecular weight is 334 g/mol. The van der Waals surface area contributed by atoms with Crippen molar-refractivity contribution in [2.24, 2.45) is 0 Å².